The summed E-state index contributed by atoms with van der Waals surface area (Å²) in [5.41, 5.74) is 0. The van der Waals surface area contributed by atoms with Gasteiger partial charge in [-0.2, -0.15) is 0 Å². The van der Waals surface area contributed by atoms with E-state index < -0.39 is 0 Å². The average molecular weight is 275 g/mol. The maximum atomic E-state index is 5.77. The molecule has 2 heteroatoms. The van der Waals surface area contributed by atoms with Crippen molar-refractivity contribution in [3.05, 3.63) is 30.3 Å². The lowest BCUT2D eigenvalue weighted by Gasteiger charge is -2.30. The van der Waals surface area contributed by atoms with E-state index in [-0.39, 0.29) is 0 Å². The van der Waals surface area contributed by atoms with Gasteiger partial charge in [0.15, 0.2) is 0 Å². The van der Waals surface area contributed by atoms with Gasteiger partial charge in [0.1, 0.15) is 5.75 Å². The first-order valence-corrected chi connectivity index (χ1v) is 8.29. The number of hydrogen-bond acceptors (Lipinski definition) is 2. The summed E-state index contributed by atoms with van der Waals surface area (Å²) >= 11 is 0. The Bertz CT molecular complexity index is 352. The van der Waals surface area contributed by atoms with E-state index in [0.717, 1.165) is 24.3 Å². The molecule has 0 heterocycles. The second-order valence-corrected chi connectivity index (χ2v) is 5.99. The van der Waals surface area contributed by atoms with Crippen molar-refractivity contribution >= 4 is 0 Å². The minimum absolute atomic E-state index is 0.767. The molecule has 1 N–H and O–H groups in total. The molecule has 0 spiro atoms. The van der Waals surface area contributed by atoms with E-state index in [1.807, 2.05) is 30.3 Å². The van der Waals surface area contributed by atoms with Crippen LogP contribution in [0.5, 0.6) is 5.75 Å². The van der Waals surface area contributed by atoms with Crippen molar-refractivity contribution in [2.75, 3.05) is 13.2 Å². The zero-order valence-corrected chi connectivity index (χ0v) is 12.8. The highest BCUT2D eigenvalue weighted by atomic mass is 16.5. The number of hydrogen-bond donors (Lipinski definition) is 1. The van der Waals surface area contributed by atoms with Crippen LogP contribution in [0.25, 0.3) is 0 Å². The van der Waals surface area contributed by atoms with Crippen LogP contribution in [0.4, 0.5) is 0 Å². The van der Waals surface area contributed by atoms with E-state index in [1.54, 1.807) is 0 Å². The van der Waals surface area contributed by atoms with Gasteiger partial charge >= 0.3 is 0 Å². The Hall–Kier alpha value is -1.02. The van der Waals surface area contributed by atoms with Crippen molar-refractivity contribution in [1.29, 1.82) is 0 Å². The molecule has 0 aromatic heterocycles. The predicted molar refractivity (Wildman–Crippen MR) is 85.2 cm³/mol. The van der Waals surface area contributed by atoms with E-state index in [1.165, 1.54) is 51.5 Å². The summed E-state index contributed by atoms with van der Waals surface area (Å²) in [5, 5.41) is 3.69. The zero-order valence-electron chi connectivity index (χ0n) is 12.8. The van der Waals surface area contributed by atoms with Crippen LogP contribution in [0.1, 0.15) is 51.9 Å². The minimum atomic E-state index is 0.767. The summed E-state index contributed by atoms with van der Waals surface area (Å²) in [4.78, 5) is 0. The van der Waals surface area contributed by atoms with Crippen molar-refractivity contribution in [2.24, 2.45) is 5.92 Å². The van der Waals surface area contributed by atoms with Crippen molar-refractivity contribution in [1.82, 2.24) is 5.32 Å². The molecule has 2 atom stereocenters. The third kappa shape index (κ3) is 5.54. The molecular formula is C18H29NO. The SMILES string of the molecule is CCCNC1CCCC(CCCOc2ccccc2)C1. The molecule has 0 bridgehead atoms. The second kappa shape index (κ2) is 9.02. The second-order valence-electron chi connectivity index (χ2n) is 5.99. The van der Waals surface area contributed by atoms with Crippen LogP contribution in [-0.2, 0) is 0 Å². The van der Waals surface area contributed by atoms with Crippen LogP contribution in [0, 0.1) is 5.92 Å². The smallest absolute Gasteiger partial charge is 0.119 e. The Balaban J connectivity index is 1.59. The number of rotatable bonds is 8. The molecule has 112 valence electrons. The molecule has 2 rings (SSSR count). The molecule has 2 nitrogen and oxygen atoms in total. The van der Waals surface area contributed by atoms with Gasteiger partial charge in [-0.15, -0.1) is 0 Å². The van der Waals surface area contributed by atoms with Gasteiger partial charge < -0.3 is 10.1 Å². The lowest BCUT2D eigenvalue weighted by molar-refractivity contribution is 0.243. The third-order valence-corrected chi connectivity index (χ3v) is 4.23. The first-order chi connectivity index (χ1) is 9.88. The Kier molecular flexibility index (Phi) is 6.93. The van der Waals surface area contributed by atoms with Crippen molar-refractivity contribution < 1.29 is 4.74 Å². The first-order valence-electron chi connectivity index (χ1n) is 8.29. The average Bonchev–Trinajstić information content (AvgIpc) is 2.51. The van der Waals surface area contributed by atoms with Crippen LogP contribution in [0.2, 0.25) is 0 Å². The standard InChI is InChI=1S/C18H29NO/c1-2-13-19-17-10-6-8-16(15-17)9-7-14-20-18-11-4-3-5-12-18/h3-5,11-12,16-17,19H,2,6-10,13-15H2,1H3. The molecule has 0 saturated heterocycles. The molecule has 1 aromatic rings. The Morgan fingerprint density at radius 1 is 1.20 bits per heavy atom. The largest absolute Gasteiger partial charge is 0.494 e. The fraction of sp³-hybridized carbons (Fsp3) is 0.667. The van der Waals surface area contributed by atoms with Gasteiger partial charge in [-0.25, -0.2) is 0 Å². The van der Waals surface area contributed by atoms with E-state index in [9.17, 15) is 0 Å². The molecule has 1 saturated carbocycles. The van der Waals surface area contributed by atoms with Crippen molar-refractivity contribution in [3.8, 4) is 5.75 Å². The molecule has 1 aliphatic rings. The summed E-state index contributed by atoms with van der Waals surface area (Å²) in [6.45, 7) is 4.27. The maximum Gasteiger partial charge on any atom is 0.119 e. The van der Waals surface area contributed by atoms with Gasteiger partial charge in [-0.05, 0) is 56.7 Å². The molecule has 1 fully saturated rings. The summed E-state index contributed by atoms with van der Waals surface area (Å²) in [7, 11) is 0. The molecular weight excluding hydrogens is 246 g/mol. The fourth-order valence-corrected chi connectivity index (χ4v) is 3.17. The van der Waals surface area contributed by atoms with Gasteiger partial charge in [0, 0.05) is 6.04 Å². The van der Waals surface area contributed by atoms with Gasteiger partial charge in [-0.3, -0.25) is 0 Å². The van der Waals surface area contributed by atoms with Gasteiger partial charge in [0.05, 0.1) is 6.61 Å². The van der Waals surface area contributed by atoms with Crippen LogP contribution >= 0.6 is 0 Å². The Morgan fingerprint density at radius 2 is 2.05 bits per heavy atom. The number of ether oxygens (including phenoxy) is 1. The van der Waals surface area contributed by atoms with Gasteiger partial charge in [-0.1, -0.05) is 38.0 Å². The molecule has 20 heavy (non-hydrogen) atoms. The number of benzene rings is 1. The highest BCUT2D eigenvalue weighted by Gasteiger charge is 2.20. The molecule has 1 aliphatic carbocycles. The third-order valence-electron chi connectivity index (χ3n) is 4.23. The predicted octanol–water partition coefficient (Wildman–Crippen LogP) is 4.40. The molecule has 1 aromatic carbocycles. The van der Waals surface area contributed by atoms with Crippen molar-refractivity contribution in [3.63, 3.8) is 0 Å². The van der Waals surface area contributed by atoms with Crippen LogP contribution in [0.3, 0.4) is 0 Å². The fourth-order valence-electron chi connectivity index (χ4n) is 3.17. The van der Waals surface area contributed by atoms with E-state index in [2.05, 4.69) is 12.2 Å². The summed E-state index contributed by atoms with van der Waals surface area (Å²) < 4.78 is 5.77. The zero-order chi connectivity index (χ0) is 14.0. The van der Waals surface area contributed by atoms with E-state index in [4.69, 9.17) is 4.74 Å². The molecule has 0 amide bonds. The maximum absolute atomic E-state index is 5.77. The summed E-state index contributed by atoms with van der Waals surface area (Å²) in [6, 6.07) is 10.9. The number of nitrogens with one attached hydrogen (secondary N) is 1. The van der Waals surface area contributed by atoms with Gasteiger partial charge in [0.2, 0.25) is 0 Å². The lowest BCUT2D eigenvalue weighted by Crippen LogP contribution is -2.34. The van der Waals surface area contributed by atoms with Crippen molar-refractivity contribution in [2.45, 2.75) is 57.9 Å². The highest BCUT2D eigenvalue weighted by Crippen LogP contribution is 2.28. The highest BCUT2D eigenvalue weighted by molar-refractivity contribution is 5.20. The molecule has 0 aliphatic heterocycles. The first kappa shape index (κ1) is 15.4. The van der Waals surface area contributed by atoms with E-state index >= 15 is 0 Å². The lowest BCUT2D eigenvalue weighted by atomic mass is 9.83. The van der Waals surface area contributed by atoms with Crippen LogP contribution in [0.15, 0.2) is 30.3 Å². The molecule has 2 unspecified atom stereocenters. The number of para-hydroxylation sites is 1. The Morgan fingerprint density at radius 3 is 2.85 bits per heavy atom. The topological polar surface area (TPSA) is 21.3 Å². The van der Waals surface area contributed by atoms with E-state index in [0.29, 0.717) is 0 Å². The van der Waals surface area contributed by atoms with Crippen LogP contribution < -0.4 is 10.1 Å². The normalized spacial score (nSPS) is 22.6. The summed E-state index contributed by atoms with van der Waals surface area (Å²) in [5.74, 6) is 1.90. The molecule has 0 radical (unpaired) electrons. The van der Waals surface area contributed by atoms with Crippen LogP contribution in [-0.4, -0.2) is 19.2 Å². The monoisotopic (exact) mass is 275 g/mol. The summed E-state index contributed by atoms with van der Waals surface area (Å²) in [6.07, 6.45) is 9.28. The quantitative estimate of drug-likeness (QED) is 0.710. The Labute approximate surface area is 123 Å². The minimum Gasteiger partial charge on any atom is -0.494 e. The van der Waals surface area contributed by atoms with Gasteiger partial charge in [0.25, 0.3) is 0 Å².